The number of carbonyl (C=O) groups excluding carboxylic acids is 3. The molecule has 1 atom stereocenters. The van der Waals surface area contributed by atoms with E-state index in [-0.39, 0.29) is 36.2 Å². The second-order valence-corrected chi connectivity index (χ2v) is 5.23. The Hall–Kier alpha value is -2.51. The Morgan fingerprint density at radius 2 is 2.09 bits per heavy atom. The normalized spacial score (nSPS) is 21.3. The average molecular weight is 308 g/mol. The first-order chi connectivity index (χ1) is 10.4. The molecule has 1 aromatic rings. The third-order valence-electron chi connectivity index (χ3n) is 3.85. The van der Waals surface area contributed by atoms with Crippen LogP contribution in [0.3, 0.4) is 0 Å². The predicted molar refractivity (Wildman–Crippen MR) is 70.7 cm³/mol. The molecule has 1 fully saturated rings. The monoisotopic (exact) mass is 308 g/mol. The van der Waals surface area contributed by atoms with Crippen molar-refractivity contribution in [3.8, 4) is 0 Å². The molecular weight excluding hydrogens is 296 g/mol. The molecule has 2 heterocycles. The highest BCUT2D eigenvalue weighted by atomic mass is 19.3. The molecule has 22 heavy (non-hydrogen) atoms. The van der Waals surface area contributed by atoms with E-state index < -0.39 is 35.8 Å². The number of carbonyl (C=O) groups is 3. The van der Waals surface area contributed by atoms with Gasteiger partial charge in [-0.3, -0.25) is 19.7 Å². The summed E-state index contributed by atoms with van der Waals surface area (Å²) in [7, 11) is 0. The highest BCUT2D eigenvalue weighted by Gasteiger charge is 2.40. The number of nitrogens with zero attached hydrogens (tertiary/aromatic N) is 1. The van der Waals surface area contributed by atoms with Crippen molar-refractivity contribution in [1.29, 1.82) is 0 Å². The van der Waals surface area contributed by atoms with Crippen LogP contribution in [0.5, 0.6) is 0 Å². The van der Waals surface area contributed by atoms with E-state index in [0.717, 1.165) is 0 Å². The Labute approximate surface area is 124 Å². The van der Waals surface area contributed by atoms with Crippen molar-refractivity contribution in [2.45, 2.75) is 31.9 Å². The molecule has 0 spiro atoms. The van der Waals surface area contributed by atoms with Crippen LogP contribution in [-0.4, -0.2) is 28.7 Å². The molecule has 0 saturated carbocycles. The number of benzene rings is 1. The summed E-state index contributed by atoms with van der Waals surface area (Å²) in [5.41, 5.74) is 5.25. The number of hydrogen-bond acceptors (Lipinski definition) is 4. The quantitative estimate of drug-likeness (QED) is 0.623. The first-order valence-corrected chi connectivity index (χ1v) is 6.66. The van der Waals surface area contributed by atoms with Gasteiger partial charge in [0.25, 0.3) is 12.3 Å². The maximum Gasteiger partial charge on any atom is 0.264 e. The first-order valence-electron chi connectivity index (χ1n) is 6.66. The van der Waals surface area contributed by atoms with Gasteiger partial charge in [0.2, 0.25) is 11.8 Å². The van der Waals surface area contributed by atoms with Crippen molar-refractivity contribution in [3.63, 3.8) is 0 Å². The van der Waals surface area contributed by atoms with E-state index in [0.29, 0.717) is 0 Å². The molecule has 6 nitrogen and oxygen atoms in total. The van der Waals surface area contributed by atoms with E-state index in [9.17, 15) is 23.2 Å². The number of anilines is 1. The molecule has 2 aliphatic heterocycles. The van der Waals surface area contributed by atoms with E-state index in [4.69, 9.17) is 5.73 Å². The third-order valence-corrected chi connectivity index (χ3v) is 3.85. The first kappa shape index (κ1) is 14.4. The molecule has 0 aromatic heterocycles. The molecular formula is C14H12F2N3O3. The fourth-order valence-corrected chi connectivity index (χ4v) is 2.83. The lowest BCUT2D eigenvalue weighted by Gasteiger charge is -2.29. The number of nitrogens with one attached hydrogen (secondary N) is 1. The zero-order chi connectivity index (χ0) is 16.0. The van der Waals surface area contributed by atoms with Gasteiger partial charge in [0.1, 0.15) is 6.04 Å². The van der Waals surface area contributed by atoms with Crippen LogP contribution in [0.1, 0.15) is 40.8 Å². The summed E-state index contributed by atoms with van der Waals surface area (Å²) in [5.74, 6) is -1.53. The number of hydrogen-bond donors (Lipinski definition) is 2. The largest absolute Gasteiger partial charge is 0.398 e. The fourth-order valence-electron chi connectivity index (χ4n) is 2.83. The van der Waals surface area contributed by atoms with Gasteiger partial charge in [0, 0.05) is 35.8 Å². The summed E-state index contributed by atoms with van der Waals surface area (Å²) >= 11 is 0. The molecule has 3 rings (SSSR count). The summed E-state index contributed by atoms with van der Waals surface area (Å²) < 4.78 is 26.2. The average Bonchev–Trinajstić information content (AvgIpc) is 2.75. The molecule has 3 amide bonds. The van der Waals surface area contributed by atoms with Gasteiger partial charge in [-0.05, 0) is 18.1 Å². The van der Waals surface area contributed by atoms with E-state index in [1.54, 1.807) is 0 Å². The SMILES string of the molecule is Nc1[c]c(C(F)F)c2c(c1)C(=O)N(C1CCC(=O)NC1=O)C2. The summed E-state index contributed by atoms with van der Waals surface area (Å²) in [6.45, 7) is -0.114. The van der Waals surface area contributed by atoms with Gasteiger partial charge in [-0.1, -0.05) is 0 Å². The predicted octanol–water partition coefficient (Wildman–Crippen LogP) is 0.768. The highest BCUT2D eigenvalue weighted by Crippen LogP contribution is 2.35. The van der Waals surface area contributed by atoms with E-state index in [2.05, 4.69) is 11.4 Å². The standard InChI is InChI=1S/C14H12F2N3O3/c15-12(16)7-3-6(17)4-8-9(7)5-19(14(8)22)10-1-2-11(20)18-13(10)21/h4,10,12H,1-2,5,17H2,(H,18,20,21). The number of alkyl halides is 2. The van der Waals surface area contributed by atoms with Crippen molar-refractivity contribution in [2.75, 3.05) is 5.73 Å². The van der Waals surface area contributed by atoms with E-state index >= 15 is 0 Å². The van der Waals surface area contributed by atoms with Crippen LogP contribution in [0, 0.1) is 6.07 Å². The summed E-state index contributed by atoms with van der Waals surface area (Å²) in [6.07, 6.45) is -2.54. The number of rotatable bonds is 2. The number of amides is 3. The van der Waals surface area contributed by atoms with Gasteiger partial charge in [-0.25, -0.2) is 8.78 Å². The zero-order valence-corrected chi connectivity index (χ0v) is 11.4. The summed E-state index contributed by atoms with van der Waals surface area (Å²) in [6, 6.07) is 2.81. The minimum Gasteiger partial charge on any atom is -0.398 e. The smallest absolute Gasteiger partial charge is 0.264 e. The van der Waals surface area contributed by atoms with Crippen molar-refractivity contribution < 1.29 is 23.2 Å². The van der Waals surface area contributed by atoms with E-state index in [1.165, 1.54) is 11.0 Å². The van der Waals surface area contributed by atoms with Gasteiger partial charge in [0.05, 0.1) is 0 Å². The van der Waals surface area contributed by atoms with Crippen LogP contribution in [0.25, 0.3) is 0 Å². The highest BCUT2D eigenvalue weighted by molar-refractivity contribution is 6.05. The minimum atomic E-state index is -2.81. The summed E-state index contributed by atoms with van der Waals surface area (Å²) in [4.78, 5) is 36.6. The molecule has 0 bridgehead atoms. The molecule has 1 saturated heterocycles. The molecule has 0 aliphatic carbocycles. The Morgan fingerprint density at radius 3 is 2.73 bits per heavy atom. The molecule has 1 unspecified atom stereocenters. The molecule has 8 heteroatoms. The number of fused-ring (bicyclic) bond motifs is 1. The van der Waals surface area contributed by atoms with Crippen molar-refractivity contribution in [3.05, 3.63) is 28.8 Å². The Balaban J connectivity index is 1.96. The zero-order valence-electron chi connectivity index (χ0n) is 11.4. The lowest BCUT2D eigenvalue weighted by atomic mass is 10.0. The minimum absolute atomic E-state index is 0.0486. The molecule has 1 radical (unpaired) electrons. The molecule has 3 N–H and O–H groups in total. The van der Waals surface area contributed by atoms with Gasteiger partial charge in [-0.2, -0.15) is 0 Å². The van der Waals surface area contributed by atoms with Gasteiger partial charge < -0.3 is 10.6 Å². The second-order valence-electron chi connectivity index (χ2n) is 5.23. The number of imide groups is 1. The topological polar surface area (TPSA) is 92.5 Å². The number of piperidine rings is 1. The van der Waals surface area contributed by atoms with Crippen LogP contribution < -0.4 is 11.1 Å². The van der Waals surface area contributed by atoms with Crippen LogP contribution >= 0.6 is 0 Å². The number of nitrogen functional groups attached to an aromatic ring is 1. The van der Waals surface area contributed by atoms with Crippen molar-refractivity contribution in [2.24, 2.45) is 0 Å². The third kappa shape index (κ3) is 2.20. The lowest BCUT2D eigenvalue weighted by Crippen LogP contribution is -2.52. The maximum atomic E-state index is 13.1. The van der Waals surface area contributed by atoms with Crippen LogP contribution in [0.4, 0.5) is 14.5 Å². The lowest BCUT2D eigenvalue weighted by molar-refractivity contribution is -0.136. The molecule has 115 valence electrons. The second kappa shape index (κ2) is 5.04. The number of halogens is 2. The summed E-state index contributed by atoms with van der Waals surface area (Å²) in [5, 5.41) is 2.15. The molecule has 1 aromatic carbocycles. The van der Waals surface area contributed by atoms with Crippen molar-refractivity contribution >= 4 is 23.4 Å². The van der Waals surface area contributed by atoms with Crippen molar-refractivity contribution in [1.82, 2.24) is 10.2 Å². The van der Waals surface area contributed by atoms with Crippen LogP contribution in [-0.2, 0) is 16.1 Å². The Kier molecular flexibility index (Phi) is 3.31. The van der Waals surface area contributed by atoms with Gasteiger partial charge in [-0.15, -0.1) is 0 Å². The Bertz CT molecular complexity index is 690. The maximum absolute atomic E-state index is 13.1. The molecule has 2 aliphatic rings. The van der Waals surface area contributed by atoms with Crippen LogP contribution in [0.2, 0.25) is 0 Å². The fraction of sp³-hybridized carbons (Fsp3) is 0.357. The van der Waals surface area contributed by atoms with Gasteiger partial charge in [0.15, 0.2) is 0 Å². The van der Waals surface area contributed by atoms with E-state index in [1.807, 2.05) is 0 Å². The van der Waals surface area contributed by atoms with Gasteiger partial charge >= 0.3 is 0 Å². The number of nitrogens with two attached hydrogens (primary N) is 1. The van der Waals surface area contributed by atoms with Crippen LogP contribution in [0.15, 0.2) is 6.07 Å². The Morgan fingerprint density at radius 1 is 1.36 bits per heavy atom.